The van der Waals surface area contributed by atoms with Crippen molar-refractivity contribution in [1.29, 1.82) is 0 Å². The van der Waals surface area contributed by atoms with Crippen LogP contribution in [0.2, 0.25) is 5.02 Å². The van der Waals surface area contributed by atoms with Crippen LogP contribution in [-0.4, -0.2) is 42.0 Å². The lowest BCUT2D eigenvalue weighted by atomic mass is 10.1. The largest absolute Gasteiger partial charge is 0.399 e. The molecule has 0 amide bonds. The van der Waals surface area contributed by atoms with Crippen LogP contribution in [-0.2, 0) is 6.54 Å². The average molecular weight is 268 g/mol. The molecule has 2 rings (SSSR count). The molecule has 0 saturated carbocycles. The summed E-state index contributed by atoms with van der Waals surface area (Å²) in [5, 5.41) is 0.809. The van der Waals surface area contributed by atoms with Crippen molar-refractivity contribution in [1.82, 2.24) is 9.80 Å². The summed E-state index contributed by atoms with van der Waals surface area (Å²) in [5.41, 5.74) is 7.73. The highest BCUT2D eigenvalue weighted by Crippen LogP contribution is 2.22. The van der Waals surface area contributed by atoms with Crippen LogP contribution < -0.4 is 5.73 Å². The maximum Gasteiger partial charge on any atom is 0.0452 e. The smallest absolute Gasteiger partial charge is 0.0452 e. The molecule has 0 aromatic heterocycles. The van der Waals surface area contributed by atoms with Gasteiger partial charge in [-0.2, -0.15) is 0 Å². The number of hydrogen-bond donors (Lipinski definition) is 1. The zero-order valence-electron chi connectivity index (χ0n) is 11.4. The standard InChI is InChI=1S/C14H22ClN3/c1-10-7-18(8-11(2)17(10)3)9-12-6-13(16)4-5-14(12)15/h4-6,10-11H,7-9,16H2,1-3H3. The summed E-state index contributed by atoms with van der Waals surface area (Å²) in [6.07, 6.45) is 0. The van der Waals surface area contributed by atoms with Gasteiger partial charge in [-0.3, -0.25) is 9.80 Å². The zero-order valence-corrected chi connectivity index (χ0v) is 12.1. The lowest BCUT2D eigenvalue weighted by molar-refractivity contribution is 0.0556. The van der Waals surface area contributed by atoms with Crippen LogP contribution in [0.15, 0.2) is 18.2 Å². The highest BCUT2D eigenvalue weighted by atomic mass is 35.5. The van der Waals surface area contributed by atoms with Gasteiger partial charge in [-0.15, -0.1) is 0 Å². The molecule has 2 unspecified atom stereocenters. The lowest BCUT2D eigenvalue weighted by Crippen LogP contribution is -2.54. The van der Waals surface area contributed by atoms with E-state index in [4.69, 9.17) is 17.3 Å². The van der Waals surface area contributed by atoms with E-state index in [9.17, 15) is 0 Å². The van der Waals surface area contributed by atoms with Crippen molar-refractivity contribution in [2.45, 2.75) is 32.5 Å². The van der Waals surface area contributed by atoms with Crippen LogP contribution in [0.5, 0.6) is 0 Å². The second kappa shape index (κ2) is 5.47. The van der Waals surface area contributed by atoms with Gasteiger partial charge in [-0.05, 0) is 44.7 Å². The molecule has 2 atom stereocenters. The fourth-order valence-corrected chi connectivity index (χ4v) is 2.78. The predicted molar refractivity (Wildman–Crippen MR) is 77.8 cm³/mol. The van der Waals surface area contributed by atoms with E-state index in [-0.39, 0.29) is 0 Å². The van der Waals surface area contributed by atoms with Crippen molar-refractivity contribution in [3.63, 3.8) is 0 Å². The van der Waals surface area contributed by atoms with Gasteiger partial charge < -0.3 is 5.73 Å². The molecule has 3 nitrogen and oxygen atoms in total. The first-order valence-electron chi connectivity index (χ1n) is 6.45. The van der Waals surface area contributed by atoms with Crippen molar-refractivity contribution in [3.8, 4) is 0 Å². The molecule has 2 N–H and O–H groups in total. The van der Waals surface area contributed by atoms with Gasteiger partial charge >= 0.3 is 0 Å². The van der Waals surface area contributed by atoms with Crippen LogP contribution in [0.25, 0.3) is 0 Å². The van der Waals surface area contributed by atoms with E-state index in [1.54, 1.807) is 0 Å². The molecule has 0 radical (unpaired) electrons. The number of likely N-dealkylation sites (N-methyl/N-ethyl adjacent to an activating group) is 1. The fraction of sp³-hybridized carbons (Fsp3) is 0.571. The van der Waals surface area contributed by atoms with Crippen molar-refractivity contribution >= 4 is 17.3 Å². The highest BCUT2D eigenvalue weighted by molar-refractivity contribution is 6.31. The van der Waals surface area contributed by atoms with Crippen molar-refractivity contribution < 1.29 is 0 Å². The minimum Gasteiger partial charge on any atom is -0.399 e. The lowest BCUT2D eigenvalue weighted by Gasteiger charge is -2.42. The van der Waals surface area contributed by atoms with Crippen LogP contribution in [0.4, 0.5) is 5.69 Å². The Labute approximate surface area is 115 Å². The van der Waals surface area contributed by atoms with Crippen LogP contribution in [0.1, 0.15) is 19.4 Å². The molecule has 1 aliphatic rings. The molecule has 0 aliphatic carbocycles. The van der Waals surface area contributed by atoms with Gasteiger partial charge in [-0.25, -0.2) is 0 Å². The summed E-state index contributed by atoms with van der Waals surface area (Å²) in [6.45, 7) is 7.57. The molecule has 1 aliphatic heterocycles. The minimum absolute atomic E-state index is 0.577. The van der Waals surface area contributed by atoms with E-state index >= 15 is 0 Å². The third-order valence-electron chi connectivity index (χ3n) is 3.90. The van der Waals surface area contributed by atoms with Crippen LogP contribution in [0, 0.1) is 0 Å². The van der Waals surface area contributed by atoms with E-state index in [0.29, 0.717) is 12.1 Å². The van der Waals surface area contributed by atoms with Gasteiger partial charge in [0.25, 0.3) is 0 Å². The minimum atomic E-state index is 0.577. The Morgan fingerprint density at radius 3 is 2.50 bits per heavy atom. The predicted octanol–water partition coefficient (Wildman–Crippen LogP) is 2.45. The van der Waals surface area contributed by atoms with E-state index in [2.05, 4.69) is 30.7 Å². The number of hydrogen-bond acceptors (Lipinski definition) is 3. The Balaban J connectivity index is 2.07. The topological polar surface area (TPSA) is 32.5 Å². The summed E-state index contributed by atoms with van der Waals surface area (Å²) < 4.78 is 0. The Morgan fingerprint density at radius 2 is 1.89 bits per heavy atom. The number of halogens is 1. The number of piperazine rings is 1. The quantitative estimate of drug-likeness (QED) is 0.836. The average Bonchev–Trinajstić information content (AvgIpc) is 2.31. The first-order chi connectivity index (χ1) is 8.47. The third-order valence-corrected chi connectivity index (χ3v) is 4.27. The van der Waals surface area contributed by atoms with E-state index in [1.165, 1.54) is 0 Å². The molecule has 1 aromatic rings. The number of anilines is 1. The number of rotatable bonds is 2. The summed E-state index contributed by atoms with van der Waals surface area (Å²) in [6, 6.07) is 6.87. The summed E-state index contributed by atoms with van der Waals surface area (Å²) in [4.78, 5) is 4.88. The van der Waals surface area contributed by atoms with Crippen molar-refractivity contribution in [3.05, 3.63) is 28.8 Å². The van der Waals surface area contributed by atoms with E-state index in [0.717, 1.165) is 35.9 Å². The SMILES string of the molecule is CC1CN(Cc2cc(N)ccc2Cl)CC(C)N1C. The molecule has 0 spiro atoms. The van der Waals surface area contributed by atoms with Gasteiger partial charge in [-0.1, -0.05) is 11.6 Å². The second-order valence-corrected chi connectivity index (χ2v) is 5.82. The molecule has 1 fully saturated rings. The summed E-state index contributed by atoms with van der Waals surface area (Å²) >= 11 is 6.22. The Hall–Kier alpha value is -0.770. The van der Waals surface area contributed by atoms with E-state index in [1.807, 2.05) is 18.2 Å². The number of nitrogens with two attached hydrogens (primary N) is 1. The van der Waals surface area contributed by atoms with Gasteiger partial charge in [0.05, 0.1) is 0 Å². The molecular formula is C14H22ClN3. The molecule has 18 heavy (non-hydrogen) atoms. The first-order valence-corrected chi connectivity index (χ1v) is 6.83. The molecule has 0 bridgehead atoms. The van der Waals surface area contributed by atoms with Crippen molar-refractivity contribution in [2.24, 2.45) is 0 Å². The highest BCUT2D eigenvalue weighted by Gasteiger charge is 2.26. The van der Waals surface area contributed by atoms with Gasteiger partial charge in [0.15, 0.2) is 0 Å². The fourth-order valence-electron chi connectivity index (χ4n) is 2.60. The third kappa shape index (κ3) is 2.97. The maximum absolute atomic E-state index is 6.22. The van der Waals surface area contributed by atoms with Crippen molar-refractivity contribution in [2.75, 3.05) is 25.9 Å². The summed E-state index contributed by atoms with van der Waals surface area (Å²) in [7, 11) is 2.19. The van der Waals surface area contributed by atoms with E-state index < -0.39 is 0 Å². The Bertz CT molecular complexity index is 410. The zero-order chi connectivity index (χ0) is 13.3. The maximum atomic E-state index is 6.22. The van der Waals surface area contributed by atoms with Gasteiger partial charge in [0, 0.05) is 42.4 Å². The molecule has 1 saturated heterocycles. The van der Waals surface area contributed by atoms with Gasteiger partial charge in [0.2, 0.25) is 0 Å². The van der Waals surface area contributed by atoms with Gasteiger partial charge in [0.1, 0.15) is 0 Å². The Kier molecular flexibility index (Phi) is 4.15. The first kappa shape index (κ1) is 13.7. The number of benzene rings is 1. The molecule has 4 heteroatoms. The molecule has 1 aromatic carbocycles. The van der Waals surface area contributed by atoms with Crippen LogP contribution >= 0.6 is 11.6 Å². The monoisotopic (exact) mass is 267 g/mol. The molecule has 100 valence electrons. The summed E-state index contributed by atoms with van der Waals surface area (Å²) in [5.74, 6) is 0. The molecule has 1 heterocycles. The molecular weight excluding hydrogens is 246 g/mol. The number of nitrogens with zero attached hydrogens (tertiary/aromatic N) is 2. The van der Waals surface area contributed by atoms with Crippen LogP contribution in [0.3, 0.4) is 0 Å². The number of nitrogen functional groups attached to an aromatic ring is 1. The Morgan fingerprint density at radius 1 is 1.28 bits per heavy atom. The second-order valence-electron chi connectivity index (χ2n) is 5.41. The normalized spacial score (nSPS) is 26.4.